The van der Waals surface area contributed by atoms with E-state index in [-0.39, 0.29) is 0 Å². The fraction of sp³-hybridized carbons (Fsp3) is 0.200. The molecule has 0 radical (unpaired) electrons. The minimum atomic E-state index is -0.451. The number of ether oxygens (including phenoxy) is 1. The van der Waals surface area contributed by atoms with E-state index in [1.165, 1.54) is 13.3 Å². The van der Waals surface area contributed by atoms with Crippen LogP contribution in [-0.4, -0.2) is 25.1 Å². The first-order valence-corrected chi connectivity index (χ1v) is 7.10. The van der Waals surface area contributed by atoms with Crippen molar-refractivity contribution in [1.29, 1.82) is 0 Å². The average molecular weight is 350 g/mol. The third-order valence-electron chi connectivity index (χ3n) is 2.99. The van der Waals surface area contributed by atoms with E-state index in [4.69, 9.17) is 10.5 Å². The van der Waals surface area contributed by atoms with Gasteiger partial charge in [-0.3, -0.25) is 0 Å². The van der Waals surface area contributed by atoms with Gasteiger partial charge in [0.25, 0.3) is 0 Å². The summed E-state index contributed by atoms with van der Waals surface area (Å²) in [4.78, 5) is 18.0. The van der Waals surface area contributed by atoms with Gasteiger partial charge < -0.3 is 15.4 Å². The number of aromatic nitrogens is 1. The van der Waals surface area contributed by atoms with Crippen molar-refractivity contribution in [1.82, 2.24) is 4.98 Å². The standard InChI is InChI=1S/C15H16BrN3O2/c1-19(9-10-3-5-11(16)6-4-10)14-13(15(20)21-2)7-12(17)8-18-14/h3-8H,9,17H2,1-2H3. The number of carbonyl (C=O) groups excluding carboxylic acids is 1. The van der Waals surface area contributed by atoms with E-state index in [1.807, 2.05) is 36.2 Å². The van der Waals surface area contributed by atoms with Crippen LogP contribution in [0.1, 0.15) is 15.9 Å². The first kappa shape index (κ1) is 15.3. The lowest BCUT2D eigenvalue weighted by molar-refractivity contribution is 0.0601. The summed E-state index contributed by atoms with van der Waals surface area (Å²) >= 11 is 3.40. The van der Waals surface area contributed by atoms with Crippen molar-refractivity contribution in [2.75, 3.05) is 24.8 Å². The van der Waals surface area contributed by atoms with Gasteiger partial charge in [-0.2, -0.15) is 0 Å². The number of anilines is 2. The molecule has 2 aromatic rings. The van der Waals surface area contributed by atoms with Crippen molar-refractivity contribution in [3.8, 4) is 0 Å². The zero-order valence-electron chi connectivity index (χ0n) is 11.8. The van der Waals surface area contributed by atoms with Crippen LogP contribution in [0.15, 0.2) is 41.0 Å². The van der Waals surface area contributed by atoms with E-state index in [2.05, 4.69) is 20.9 Å². The molecule has 1 aromatic heterocycles. The van der Waals surface area contributed by atoms with E-state index in [9.17, 15) is 4.79 Å². The van der Waals surface area contributed by atoms with E-state index in [0.29, 0.717) is 23.6 Å². The minimum absolute atomic E-state index is 0.358. The number of nitrogens with zero attached hydrogens (tertiary/aromatic N) is 2. The second-order valence-electron chi connectivity index (χ2n) is 4.61. The number of carbonyl (C=O) groups is 1. The highest BCUT2D eigenvalue weighted by Crippen LogP contribution is 2.22. The van der Waals surface area contributed by atoms with Gasteiger partial charge in [0.1, 0.15) is 11.4 Å². The molecule has 0 fully saturated rings. The lowest BCUT2D eigenvalue weighted by atomic mass is 10.2. The van der Waals surface area contributed by atoms with E-state index < -0.39 is 5.97 Å². The van der Waals surface area contributed by atoms with Gasteiger partial charge in [0.05, 0.1) is 19.0 Å². The Balaban J connectivity index is 2.28. The first-order chi connectivity index (χ1) is 10.0. The smallest absolute Gasteiger partial charge is 0.341 e. The highest BCUT2D eigenvalue weighted by molar-refractivity contribution is 9.10. The monoisotopic (exact) mass is 349 g/mol. The van der Waals surface area contributed by atoms with Crippen molar-refractivity contribution in [2.24, 2.45) is 0 Å². The zero-order chi connectivity index (χ0) is 15.4. The molecule has 0 aliphatic heterocycles. The minimum Gasteiger partial charge on any atom is -0.465 e. The summed E-state index contributed by atoms with van der Waals surface area (Å²) in [5.41, 5.74) is 7.59. The Morgan fingerprint density at radius 2 is 2.05 bits per heavy atom. The van der Waals surface area contributed by atoms with Gasteiger partial charge >= 0.3 is 5.97 Å². The van der Waals surface area contributed by atoms with E-state index in [1.54, 1.807) is 6.07 Å². The third kappa shape index (κ3) is 3.72. The normalized spacial score (nSPS) is 10.2. The van der Waals surface area contributed by atoms with Crippen LogP contribution in [0.25, 0.3) is 0 Å². The van der Waals surface area contributed by atoms with E-state index in [0.717, 1.165) is 10.0 Å². The maximum atomic E-state index is 11.8. The zero-order valence-corrected chi connectivity index (χ0v) is 13.4. The van der Waals surface area contributed by atoms with Crippen LogP contribution in [0.2, 0.25) is 0 Å². The number of nitrogens with two attached hydrogens (primary N) is 1. The molecule has 0 aliphatic carbocycles. The molecule has 0 unspecified atom stereocenters. The van der Waals surface area contributed by atoms with Crippen molar-refractivity contribution >= 4 is 33.4 Å². The van der Waals surface area contributed by atoms with Crippen LogP contribution in [-0.2, 0) is 11.3 Å². The van der Waals surface area contributed by atoms with Crippen molar-refractivity contribution in [3.63, 3.8) is 0 Å². The van der Waals surface area contributed by atoms with Gasteiger partial charge in [-0.05, 0) is 23.8 Å². The summed E-state index contributed by atoms with van der Waals surface area (Å²) in [5.74, 6) is 0.0893. The second-order valence-corrected chi connectivity index (χ2v) is 5.53. The third-order valence-corrected chi connectivity index (χ3v) is 3.52. The molecule has 2 N–H and O–H groups in total. The molecule has 5 nitrogen and oxygen atoms in total. The van der Waals surface area contributed by atoms with Gasteiger partial charge in [-0.25, -0.2) is 9.78 Å². The molecule has 0 saturated heterocycles. The van der Waals surface area contributed by atoms with Gasteiger partial charge in [-0.1, -0.05) is 28.1 Å². The lowest BCUT2D eigenvalue weighted by Crippen LogP contribution is -2.21. The van der Waals surface area contributed by atoms with Crippen LogP contribution in [0.5, 0.6) is 0 Å². The van der Waals surface area contributed by atoms with Crippen LogP contribution < -0.4 is 10.6 Å². The molecule has 6 heteroatoms. The fourth-order valence-electron chi connectivity index (χ4n) is 1.98. The summed E-state index contributed by atoms with van der Waals surface area (Å²) in [6.45, 7) is 0.619. The topological polar surface area (TPSA) is 68.5 Å². The van der Waals surface area contributed by atoms with Crippen LogP contribution in [0.4, 0.5) is 11.5 Å². The second kappa shape index (κ2) is 6.58. The number of benzene rings is 1. The predicted molar refractivity (Wildman–Crippen MR) is 86.2 cm³/mol. The Labute approximate surface area is 131 Å². The Hall–Kier alpha value is -2.08. The number of hydrogen-bond acceptors (Lipinski definition) is 5. The fourth-order valence-corrected chi connectivity index (χ4v) is 2.24. The quantitative estimate of drug-likeness (QED) is 0.859. The average Bonchev–Trinajstić information content (AvgIpc) is 2.48. The Morgan fingerprint density at radius 3 is 2.67 bits per heavy atom. The molecule has 21 heavy (non-hydrogen) atoms. The molecule has 1 heterocycles. The van der Waals surface area contributed by atoms with Crippen molar-refractivity contribution in [2.45, 2.75) is 6.54 Å². The Morgan fingerprint density at radius 1 is 1.38 bits per heavy atom. The summed E-state index contributed by atoms with van der Waals surface area (Å²) < 4.78 is 5.80. The molecular formula is C15H16BrN3O2. The number of esters is 1. The molecule has 0 atom stereocenters. The predicted octanol–water partition coefficient (Wildman–Crippen LogP) is 2.85. The molecule has 0 aliphatic rings. The molecule has 2 rings (SSSR count). The highest BCUT2D eigenvalue weighted by atomic mass is 79.9. The summed E-state index contributed by atoms with van der Waals surface area (Å²) in [6.07, 6.45) is 1.53. The van der Waals surface area contributed by atoms with E-state index >= 15 is 0 Å². The molecule has 0 spiro atoms. The van der Waals surface area contributed by atoms with Crippen LogP contribution in [0.3, 0.4) is 0 Å². The molecule has 1 aromatic carbocycles. The molecule has 110 valence electrons. The number of methoxy groups -OCH3 is 1. The SMILES string of the molecule is COC(=O)c1cc(N)cnc1N(C)Cc1ccc(Br)cc1. The van der Waals surface area contributed by atoms with Gasteiger partial charge in [-0.15, -0.1) is 0 Å². The number of halogens is 1. The summed E-state index contributed by atoms with van der Waals surface area (Å²) in [6, 6.07) is 9.54. The Bertz CT molecular complexity index is 644. The highest BCUT2D eigenvalue weighted by Gasteiger charge is 2.17. The number of rotatable bonds is 4. The van der Waals surface area contributed by atoms with Crippen molar-refractivity contribution < 1.29 is 9.53 Å². The van der Waals surface area contributed by atoms with Crippen molar-refractivity contribution in [3.05, 3.63) is 52.1 Å². The summed E-state index contributed by atoms with van der Waals surface area (Å²) in [7, 11) is 3.21. The summed E-state index contributed by atoms with van der Waals surface area (Å²) in [5, 5.41) is 0. The lowest BCUT2D eigenvalue weighted by Gasteiger charge is -2.20. The molecule has 0 amide bonds. The number of hydrogen-bond donors (Lipinski definition) is 1. The molecule has 0 saturated carbocycles. The van der Waals surface area contributed by atoms with Gasteiger partial charge in [0, 0.05) is 18.1 Å². The largest absolute Gasteiger partial charge is 0.465 e. The van der Waals surface area contributed by atoms with Gasteiger partial charge in [0.15, 0.2) is 0 Å². The number of nitrogen functional groups attached to an aromatic ring is 1. The van der Waals surface area contributed by atoms with Crippen LogP contribution in [0, 0.1) is 0 Å². The maximum absolute atomic E-state index is 11.8. The Kier molecular flexibility index (Phi) is 4.80. The maximum Gasteiger partial charge on any atom is 0.341 e. The number of pyridine rings is 1. The van der Waals surface area contributed by atoms with Gasteiger partial charge in [0.2, 0.25) is 0 Å². The van der Waals surface area contributed by atoms with Crippen LogP contribution >= 0.6 is 15.9 Å². The molecule has 0 bridgehead atoms. The first-order valence-electron chi connectivity index (χ1n) is 6.30. The molecular weight excluding hydrogens is 334 g/mol.